The third-order valence-corrected chi connectivity index (χ3v) is 5.21. The maximum atomic E-state index is 5.34. The first-order chi connectivity index (χ1) is 12.6. The minimum atomic E-state index is 0. The van der Waals surface area contributed by atoms with Crippen LogP contribution < -0.4 is 20.1 Å². The quantitative estimate of drug-likeness (QED) is 0.328. The molecule has 2 rings (SSSR count). The maximum absolute atomic E-state index is 5.34. The Morgan fingerprint density at radius 2 is 1.74 bits per heavy atom. The number of guanidine groups is 1. The van der Waals surface area contributed by atoms with Crippen molar-refractivity contribution in [2.24, 2.45) is 4.99 Å². The van der Waals surface area contributed by atoms with Gasteiger partial charge in [0.2, 0.25) is 0 Å². The second kappa shape index (κ2) is 12.0. The lowest BCUT2D eigenvalue weighted by atomic mass is 10.1. The van der Waals surface area contributed by atoms with E-state index in [1.54, 1.807) is 32.6 Å². The Morgan fingerprint density at radius 3 is 2.30 bits per heavy atom. The fourth-order valence-corrected chi connectivity index (χ4v) is 3.45. The van der Waals surface area contributed by atoms with Crippen molar-refractivity contribution in [2.75, 3.05) is 34.4 Å². The highest BCUT2D eigenvalue weighted by Gasteiger charge is 2.06. The summed E-state index contributed by atoms with van der Waals surface area (Å²) in [6, 6.07) is 5.98. The van der Waals surface area contributed by atoms with Crippen LogP contribution in [-0.4, -0.2) is 45.3 Å². The van der Waals surface area contributed by atoms with Crippen LogP contribution in [0, 0.1) is 13.8 Å². The number of thiazole rings is 1. The number of benzene rings is 1. The van der Waals surface area contributed by atoms with Crippen LogP contribution in [0.5, 0.6) is 11.5 Å². The summed E-state index contributed by atoms with van der Waals surface area (Å²) in [5, 5.41) is 7.83. The second-order valence-electron chi connectivity index (χ2n) is 5.86. The van der Waals surface area contributed by atoms with E-state index < -0.39 is 0 Å². The van der Waals surface area contributed by atoms with E-state index in [2.05, 4.69) is 34.5 Å². The summed E-state index contributed by atoms with van der Waals surface area (Å²) in [4.78, 5) is 10.1. The fraction of sp³-hybridized carbons (Fsp3) is 0.474. The van der Waals surface area contributed by atoms with Gasteiger partial charge in [-0.2, -0.15) is 0 Å². The molecule has 0 amide bonds. The Labute approximate surface area is 182 Å². The second-order valence-corrected chi connectivity index (χ2v) is 7.15. The molecular weight excluding hydrogens is 475 g/mol. The van der Waals surface area contributed by atoms with Crippen molar-refractivity contribution >= 4 is 41.3 Å². The van der Waals surface area contributed by atoms with Crippen LogP contribution in [0.4, 0.5) is 0 Å². The Kier molecular flexibility index (Phi) is 10.5. The summed E-state index contributed by atoms with van der Waals surface area (Å²) < 4.78 is 10.6. The summed E-state index contributed by atoms with van der Waals surface area (Å²) in [5.41, 5.74) is 2.31. The van der Waals surface area contributed by atoms with Crippen LogP contribution in [0.25, 0.3) is 0 Å². The third-order valence-electron chi connectivity index (χ3n) is 4.08. The topological polar surface area (TPSA) is 67.8 Å². The lowest BCUT2D eigenvalue weighted by Gasteiger charge is -2.12. The fourth-order valence-electron chi connectivity index (χ4n) is 2.52. The molecule has 0 fully saturated rings. The monoisotopic (exact) mass is 504 g/mol. The van der Waals surface area contributed by atoms with Gasteiger partial charge in [0, 0.05) is 31.4 Å². The molecule has 1 heterocycles. The molecule has 0 spiro atoms. The molecule has 0 bridgehead atoms. The molecule has 1 aromatic carbocycles. The van der Waals surface area contributed by atoms with E-state index in [9.17, 15) is 0 Å². The van der Waals surface area contributed by atoms with Crippen LogP contribution in [0.2, 0.25) is 0 Å². The molecule has 0 aliphatic carbocycles. The van der Waals surface area contributed by atoms with Gasteiger partial charge in [0.25, 0.3) is 0 Å². The number of halogens is 1. The number of rotatable bonds is 8. The molecule has 0 radical (unpaired) electrons. The highest BCUT2D eigenvalue weighted by atomic mass is 127. The van der Waals surface area contributed by atoms with E-state index >= 15 is 0 Å². The van der Waals surface area contributed by atoms with Gasteiger partial charge in [-0.3, -0.25) is 4.99 Å². The zero-order valence-electron chi connectivity index (χ0n) is 16.6. The van der Waals surface area contributed by atoms with E-state index in [-0.39, 0.29) is 24.0 Å². The van der Waals surface area contributed by atoms with Crippen molar-refractivity contribution in [3.05, 3.63) is 39.3 Å². The highest BCUT2D eigenvalue weighted by molar-refractivity contribution is 14.0. The van der Waals surface area contributed by atoms with Crippen LogP contribution >= 0.6 is 35.3 Å². The average molecular weight is 504 g/mol. The first-order valence-electron chi connectivity index (χ1n) is 8.65. The van der Waals surface area contributed by atoms with Crippen molar-refractivity contribution in [3.8, 4) is 11.5 Å². The van der Waals surface area contributed by atoms with Gasteiger partial charge in [0.15, 0.2) is 17.5 Å². The van der Waals surface area contributed by atoms with Gasteiger partial charge >= 0.3 is 0 Å². The van der Waals surface area contributed by atoms with E-state index in [1.165, 1.54) is 10.4 Å². The lowest BCUT2D eigenvalue weighted by Crippen LogP contribution is -2.39. The molecule has 2 aromatic rings. The number of hydrogen-bond donors (Lipinski definition) is 2. The molecule has 0 aliphatic rings. The number of aliphatic imine (C=N–C) groups is 1. The minimum absolute atomic E-state index is 0. The molecule has 2 N–H and O–H groups in total. The number of aryl methyl sites for hydroxylation is 2. The number of nitrogens with one attached hydrogen (secondary N) is 2. The molecule has 8 heteroatoms. The number of ether oxygens (including phenoxy) is 2. The van der Waals surface area contributed by atoms with Crippen molar-refractivity contribution in [2.45, 2.75) is 26.7 Å². The van der Waals surface area contributed by atoms with Crippen LogP contribution in [-0.2, 0) is 12.8 Å². The molecule has 0 saturated heterocycles. The summed E-state index contributed by atoms with van der Waals surface area (Å²) in [6.45, 7) is 5.75. The van der Waals surface area contributed by atoms with Gasteiger partial charge in [-0.1, -0.05) is 6.07 Å². The molecule has 6 nitrogen and oxygen atoms in total. The van der Waals surface area contributed by atoms with Crippen molar-refractivity contribution < 1.29 is 9.47 Å². The predicted octanol–water partition coefficient (Wildman–Crippen LogP) is 3.35. The van der Waals surface area contributed by atoms with E-state index in [4.69, 9.17) is 9.47 Å². The van der Waals surface area contributed by atoms with Crippen molar-refractivity contribution in [1.29, 1.82) is 0 Å². The zero-order valence-corrected chi connectivity index (χ0v) is 19.7. The number of aromatic nitrogens is 1. The predicted molar refractivity (Wildman–Crippen MR) is 123 cm³/mol. The smallest absolute Gasteiger partial charge is 0.191 e. The summed E-state index contributed by atoms with van der Waals surface area (Å²) in [7, 11) is 5.07. The Bertz CT molecular complexity index is 730. The number of hydrogen-bond acceptors (Lipinski definition) is 5. The Balaban J connectivity index is 0.00000364. The SMILES string of the molecule is CN=C(NCCc1ccc(OC)c(OC)c1)NCCc1nc(C)c(C)s1.I. The molecule has 0 unspecified atom stereocenters. The first kappa shape index (κ1) is 23.5. The number of nitrogens with zero attached hydrogens (tertiary/aromatic N) is 2. The van der Waals surface area contributed by atoms with Gasteiger partial charge in [0.1, 0.15) is 0 Å². The van der Waals surface area contributed by atoms with Crippen molar-refractivity contribution in [1.82, 2.24) is 15.6 Å². The third kappa shape index (κ3) is 7.17. The molecule has 150 valence electrons. The average Bonchev–Trinajstić information content (AvgIpc) is 2.97. The normalized spacial score (nSPS) is 10.9. The zero-order chi connectivity index (χ0) is 18.9. The Hall–Kier alpha value is -1.55. The molecule has 27 heavy (non-hydrogen) atoms. The summed E-state index contributed by atoms with van der Waals surface area (Å²) >= 11 is 1.76. The molecule has 0 atom stereocenters. The maximum Gasteiger partial charge on any atom is 0.191 e. The van der Waals surface area contributed by atoms with E-state index in [1.807, 2.05) is 18.2 Å². The van der Waals surface area contributed by atoms with Crippen LogP contribution in [0.1, 0.15) is 21.1 Å². The van der Waals surface area contributed by atoms with Gasteiger partial charge in [-0.15, -0.1) is 35.3 Å². The minimum Gasteiger partial charge on any atom is -0.493 e. The van der Waals surface area contributed by atoms with E-state index in [0.29, 0.717) is 0 Å². The number of methoxy groups -OCH3 is 2. The largest absolute Gasteiger partial charge is 0.493 e. The van der Waals surface area contributed by atoms with Gasteiger partial charge in [-0.05, 0) is 38.0 Å². The van der Waals surface area contributed by atoms with Crippen LogP contribution in [0.3, 0.4) is 0 Å². The summed E-state index contributed by atoms with van der Waals surface area (Å²) in [5.74, 6) is 2.30. The lowest BCUT2D eigenvalue weighted by molar-refractivity contribution is 0.354. The Morgan fingerprint density at radius 1 is 1.07 bits per heavy atom. The summed E-state index contributed by atoms with van der Waals surface area (Å²) in [6.07, 6.45) is 1.77. The standard InChI is InChI=1S/C19H28N4O2S.HI/c1-13-14(2)26-18(23-13)9-11-22-19(20-3)21-10-8-15-6-7-16(24-4)17(12-15)25-5;/h6-7,12H,8-11H2,1-5H3,(H2,20,21,22);1H. The van der Waals surface area contributed by atoms with E-state index in [0.717, 1.165) is 54.1 Å². The molecular formula is C19H29IN4O2S. The van der Waals surface area contributed by atoms with Crippen LogP contribution in [0.15, 0.2) is 23.2 Å². The van der Waals surface area contributed by atoms with Gasteiger partial charge in [0.05, 0.1) is 24.9 Å². The van der Waals surface area contributed by atoms with Gasteiger partial charge in [-0.25, -0.2) is 4.98 Å². The highest BCUT2D eigenvalue weighted by Crippen LogP contribution is 2.27. The molecule has 0 saturated carbocycles. The molecule has 0 aliphatic heterocycles. The molecule has 1 aromatic heterocycles. The van der Waals surface area contributed by atoms with Crippen molar-refractivity contribution in [3.63, 3.8) is 0 Å². The first-order valence-corrected chi connectivity index (χ1v) is 9.47. The van der Waals surface area contributed by atoms with Gasteiger partial charge < -0.3 is 20.1 Å².